The Morgan fingerprint density at radius 1 is 0.857 bits per heavy atom. The van der Waals surface area contributed by atoms with Crippen LogP contribution in [-0.4, -0.2) is 0 Å². The maximum atomic E-state index is 5.30. The summed E-state index contributed by atoms with van der Waals surface area (Å²) >= 11 is 9.56. The zero-order valence-corrected chi connectivity index (χ0v) is 10.8. The Bertz CT molecular complexity index is 259. The largest absolute Gasteiger partial charge is 0.391 e. The van der Waals surface area contributed by atoms with E-state index in [2.05, 4.69) is 23.3 Å². The van der Waals surface area contributed by atoms with E-state index in [1.807, 2.05) is 35.0 Å². The zero-order chi connectivity index (χ0) is 10.8. The number of anilines is 2. The van der Waals surface area contributed by atoms with Crippen LogP contribution in [0.1, 0.15) is 0 Å². The number of thiol groups is 2. The predicted octanol–water partition coefficient (Wildman–Crippen LogP) is 3.42. The Kier molecular flexibility index (Phi) is 9.06. The van der Waals surface area contributed by atoms with Crippen LogP contribution in [-0.2, 0) is 0 Å². The topological polar surface area (TPSA) is 52.0 Å². The van der Waals surface area contributed by atoms with Gasteiger partial charge in [0.15, 0.2) is 0 Å². The van der Waals surface area contributed by atoms with Crippen LogP contribution >= 0.6 is 46.0 Å². The van der Waals surface area contributed by atoms with Gasteiger partial charge in [0.05, 0.1) is 10.0 Å². The smallest absolute Gasteiger partial charge is 0.0856 e. The van der Waals surface area contributed by atoms with E-state index in [4.69, 9.17) is 11.5 Å². The van der Waals surface area contributed by atoms with Gasteiger partial charge in [-0.1, -0.05) is 0 Å². The normalized spacial score (nSPS) is 7.86. The van der Waals surface area contributed by atoms with E-state index < -0.39 is 0 Å². The summed E-state index contributed by atoms with van der Waals surface area (Å²) in [6.07, 6.45) is 0. The van der Waals surface area contributed by atoms with Crippen molar-refractivity contribution < 1.29 is 0 Å². The maximum Gasteiger partial charge on any atom is 0.0856 e. The van der Waals surface area contributed by atoms with Crippen LogP contribution in [0.25, 0.3) is 0 Å². The lowest BCUT2D eigenvalue weighted by molar-refractivity contribution is 1.94. The Morgan fingerprint density at radius 2 is 1.21 bits per heavy atom. The summed E-state index contributed by atoms with van der Waals surface area (Å²) in [5, 5.41) is 5.68. The third-order valence-corrected chi connectivity index (χ3v) is 2.49. The molecule has 0 spiro atoms. The molecule has 14 heavy (non-hydrogen) atoms. The van der Waals surface area contributed by atoms with Gasteiger partial charge in [-0.05, 0) is 35.0 Å². The van der Waals surface area contributed by atoms with Gasteiger partial charge in [-0.3, -0.25) is 0 Å². The summed E-state index contributed by atoms with van der Waals surface area (Å²) in [6, 6.07) is 7.62. The third-order valence-electron chi connectivity index (χ3n) is 1.09. The number of nitrogens with two attached hydrogens (primary N) is 2. The van der Waals surface area contributed by atoms with Crippen LogP contribution in [0, 0.1) is 0 Å². The van der Waals surface area contributed by atoms with Gasteiger partial charge in [0.1, 0.15) is 0 Å². The van der Waals surface area contributed by atoms with Crippen molar-refractivity contribution in [1.82, 2.24) is 0 Å². The van der Waals surface area contributed by atoms with Crippen molar-refractivity contribution in [3.8, 4) is 0 Å². The number of hydrogen-bond donors (Lipinski definition) is 4. The lowest BCUT2D eigenvalue weighted by atomic mass is 10.6. The minimum atomic E-state index is 0.884. The molecule has 2 nitrogen and oxygen atoms in total. The van der Waals surface area contributed by atoms with Crippen molar-refractivity contribution >= 4 is 56.0 Å². The Balaban J connectivity index is 0.000000206. The second kappa shape index (κ2) is 9.26. The molecule has 2 rings (SSSR count). The predicted molar refractivity (Wildman–Crippen MR) is 75.4 cm³/mol. The van der Waals surface area contributed by atoms with Crippen LogP contribution in [0.2, 0.25) is 0 Å². The van der Waals surface area contributed by atoms with Gasteiger partial charge in [0.25, 0.3) is 0 Å². The summed E-state index contributed by atoms with van der Waals surface area (Å²) in [4.78, 5) is 0. The molecule has 0 amide bonds. The summed E-state index contributed by atoms with van der Waals surface area (Å²) in [5.74, 6) is 0. The fourth-order valence-electron chi connectivity index (χ4n) is 0.583. The quantitative estimate of drug-likeness (QED) is 0.435. The van der Waals surface area contributed by atoms with Gasteiger partial charge in [-0.15, -0.1) is 46.0 Å². The highest BCUT2D eigenvalue weighted by molar-refractivity contribution is 8.59. The van der Waals surface area contributed by atoms with E-state index in [-0.39, 0.29) is 0 Å². The van der Waals surface area contributed by atoms with Crippen LogP contribution in [0.15, 0.2) is 35.0 Å². The highest BCUT2D eigenvalue weighted by Gasteiger charge is 1.75. The molecule has 0 fully saturated rings. The molecule has 0 aromatic carbocycles. The molecule has 0 bridgehead atoms. The first kappa shape index (κ1) is 13.7. The first-order valence-corrected chi connectivity index (χ1v) is 6.93. The standard InChI is InChI=1S/2C4H5NS.H2S2/c2*5-4-2-1-3-6-4;1-2/h2*1-3H,5H2;1-2H. The van der Waals surface area contributed by atoms with Gasteiger partial charge in [0, 0.05) is 0 Å². The summed E-state index contributed by atoms with van der Waals surface area (Å²) < 4.78 is 0. The maximum absolute atomic E-state index is 5.30. The molecule has 0 unspecified atom stereocenters. The molecule has 0 saturated heterocycles. The van der Waals surface area contributed by atoms with E-state index in [0.29, 0.717) is 0 Å². The van der Waals surface area contributed by atoms with Crippen LogP contribution in [0.3, 0.4) is 0 Å². The molecular formula is C8H12N2S4. The fraction of sp³-hybridized carbons (Fsp3) is 0. The molecule has 0 radical (unpaired) electrons. The second-order valence-corrected chi connectivity index (χ2v) is 3.99. The summed E-state index contributed by atoms with van der Waals surface area (Å²) in [5.41, 5.74) is 10.6. The molecule has 0 aliphatic carbocycles. The first-order valence-electron chi connectivity index (χ1n) is 3.57. The first-order chi connectivity index (χ1) is 6.79. The average molecular weight is 264 g/mol. The van der Waals surface area contributed by atoms with Gasteiger partial charge in [-0.2, -0.15) is 0 Å². The fourth-order valence-corrected chi connectivity index (χ4v) is 1.53. The van der Waals surface area contributed by atoms with Crippen LogP contribution in [0.4, 0.5) is 10.0 Å². The molecule has 4 N–H and O–H groups in total. The van der Waals surface area contributed by atoms with Crippen molar-refractivity contribution in [2.24, 2.45) is 0 Å². The highest BCUT2D eigenvalue weighted by Crippen LogP contribution is 2.08. The third kappa shape index (κ3) is 7.14. The Morgan fingerprint density at radius 3 is 1.29 bits per heavy atom. The summed E-state index contributed by atoms with van der Waals surface area (Å²) in [6.45, 7) is 0. The molecule has 0 aliphatic heterocycles. The van der Waals surface area contributed by atoms with Crippen molar-refractivity contribution in [3.05, 3.63) is 35.0 Å². The van der Waals surface area contributed by atoms with E-state index in [1.54, 1.807) is 22.7 Å². The molecule has 0 saturated carbocycles. The van der Waals surface area contributed by atoms with Crippen LogP contribution in [0.5, 0.6) is 0 Å². The molecule has 0 atom stereocenters. The Hall–Kier alpha value is -0.300. The second-order valence-electron chi connectivity index (χ2n) is 2.03. The van der Waals surface area contributed by atoms with E-state index in [9.17, 15) is 0 Å². The van der Waals surface area contributed by atoms with Crippen LogP contribution < -0.4 is 11.5 Å². The SMILES string of the molecule is Nc1cccs1.Nc1cccs1.SS. The number of thiophene rings is 2. The van der Waals surface area contributed by atoms with E-state index in [0.717, 1.165) is 10.0 Å². The molecule has 2 heterocycles. The van der Waals surface area contributed by atoms with Crippen molar-refractivity contribution in [3.63, 3.8) is 0 Å². The highest BCUT2D eigenvalue weighted by atomic mass is 33.1. The molecule has 6 heteroatoms. The number of rotatable bonds is 0. The molecule has 78 valence electrons. The lowest BCUT2D eigenvalue weighted by Crippen LogP contribution is -1.72. The van der Waals surface area contributed by atoms with Gasteiger partial charge >= 0.3 is 0 Å². The minimum Gasteiger partial charge on any atom is -0.391 e. The number of hydrogen-bond acceptors (Lipinski definition) is 6. The van der Waals surface area contributed by atoms with Gasteiger partial charge < -0.3 is 11.5 Å². The monoisotopic (exact) mass is 264 g/mol. The summed E-state index contributed by atoms with van der Waals surface area (Å²) in [7, 11) is 0. The van der Waals surface area contributed by atoms with Gasteiger partial charge in [0.2, 0.25) is 0 Å². The average Bonchev–Trinajstić information content (AvgIpc) is 2.83. The molecule has 2 aromatic heterocycles. The van der Waals surface area contributed by atoms with E-state index >= 15 is 0 Å². The molecular weight excluding hydrogens is 252 g/mol. The minimum absolute atomic E-state index is 0.884. The lowest BCUT2D eigenvalue weighted by Gasteiger charge is -1.68. The Labute approximate surface area is 102 Å². The van der Waals surface area contributed by atoms with E-state index in [1.165, 1.54) is 0 Å². The van der Waals surface area contributed by atoms with Crippen molar-refractivity contribution in [2.45, 2.75) is 0 Å². The van der Waals surface area contributed by atoms with Gasteiger partial charge in [-0.25, -0.2) is 0 Å². The number of nitrogen functional groups attached to an aromatic ring is 2. The molecule has 2 aromatic rings. The molecule has 0 aliphatic rings. The zero-order valence-electron chi connectivity index (χ0n) is 7.33. The van der Waals surface area contributed by atoms with Crippen molar-refractivity contribution in [2.75, 3.05) is 11.5 Å². The van der Waals surface area contributed by atoms with Crippen molar-refractivity contribution in [1.29, 1.82) is 0 Å².